The molecule has 0 bridgehead atoms. The molecule has 15 heavy (non-hydrogen) atoms. The summed E-state index contributed by atoms with van der Waals surface area (Å²) in [5.41, 5.74) is 1.13. The number of carboxylic acid groups (broad SMARTS) is 1. The zero-order chi connectivity index (χ0) is 11.3. The molecule has 80 valence electrons. The van der Waals surface area contributed by atoms with Crippen LogP contribution in [0, 0.1) is 5.82 Å². The van der Waals surface area contributed by atoms with Gasteiger partial charge in [-0.2, -0.15) is 0 Å². The lowest BCUT2D eigenvalue weighted by Gasteiger charge is -2.03. The maximum atomic E-state index is 12.9. The molecule has 4 heteroatoms. The van der Waals surface area contributed by atoms with Crippen LogP contribution in [0.5, 0.6) is 0 Å². The van der Waals surface area contributed by atoms with E-state index in [0.29, 0.717) is 17.0 Å². The number of hydrogen-bond donors (Lipinski definition) is 1. The monoisotopic (exact) mass is 228 g/mol. The third-order valence-corrected chi connectivity index (χ3v) is 2.01. The zero-order valence-electron chi connectivity index (χ0n) is 7.91. The highest BCUT2D eigenvalue weighted by Crippen LogP contribution is 2.14. The summed E-state index contributed by atoms with van der Waals surface area (Å²) in [4.78, 5) is 10.5. The van der Waals surface area contributed by atoms with Gasteiger partial charge in [-0.25, -0.2) is 4.39 Å². The minimum absolute atomic E-state index is 0.195. The first-order valence-electron chi connectivity index (χ1n) is 4.36. The Morgan fingerprint density at radius 1 is 1.53 bits per heavy atom. The van der Waals surface area contributed by atoms with Gasteiger partial charge in [-0.3, -0.25) is 4.79 Å². The van der Waals surface area contributed by atoms with E-state index in [1.807, 2.05) is 0 Å². The van der Waals surface area contributed by atoms with Gasteiger partial charge < -0.3 is 5.11 Å². The SMILES string of the molecule is O=C(O)Cc1cc(F)ccc1C=CCCl. The summed E-state index contributed by atoms with van der Waals surface area (Å²) in [5, 5.41) is 8.64. The Hall–Kier alpha value is -1.35. The lowest BCUT2D eigenvalue weighted by molar-refractivity contribution is -0.136. The van der Waals surface area contributed by atoms with Crippen molar-refractivity contribution < 1.29 is 14.3 Å². The number of aliphatic carboxylic acids is 1. The largest absolute Gasteiger partial charge is 0.481 e. The average molecular weight is 229 g/mol. The summed E-state index contributed by atoms with van der Waals surface area (Å²) in [5.74, 6) is -1.08. The highest BCUT2D eigenvalue weighted by Gasteiger charge is 2.06. The number of allylic oxidation sites excluding steroid dienone is 1. The molecular formula is C11H10ClFO2. The Morgan fingerprint density at radius 2 is 2.27 bits per heavy atom. The predicted molar refractivity (Wildman–Crippen MR) is 57.5 cm³/mol. The number of rotatable bonds is 4. The number of carboxylic acids is 1. The van der Waals surface area contributed by atoms with Crippen LogP contribution in [-0.4, -0.2) is 17.0 Å². The number of halogens is 2. The summed E-state index contributed by atoms with van der Waals surface area (Å²) < 4.78 is 12.9. The van der Waals surface area contributed by atoms with Gasteiger partial charge in [0, 0.05) is 5.88 Å². The Bertz CT molecular complexity index is 388. The molecule has 0 saturated carbocycles. The second kappa shape index (κ2) is 5.51. The zero-order valence-corrected chi connectivity index (χ0v) is 8.67. The molecule has 0 heterocycles. The van der Waals surface area contributed by atoms with E-state index in [-0.39, 0.29) is 6.42 Å². The van der Waals surface area contributed by atoms with E-state index in [4.69, 9.17) is 16.7 Å². The van der Waals surface area contributed by atoms with Crippen LogP contribution in [0.2, 0.25) is 0 Å². The number of alkyl halides is 1. The van der Waals surface area contributed by atoms with Crippen molar-refractivity contribution in [3.8, 4) is 0 Å². The number of hydrogen-bond acceptors (Lipinski definition) is 1. The fraction of sp³-hybridized carbons (Fsp3) is 0.182. The van der Waals surface area contributed by atoms with Crippen molar-refractivity contribution >= 4 is 23.6 Å². The molecule has 1 N–H and O–H groups in total. The van der Waals surface area contributed by atoms with E-state index in [1.54, 1.807) is 12.2 Å². The van der Waals surface area contributed by atoms with Crippen LogP contribution in [-0.2, 0) is 11.2 Å². The lowest BCUT2D eigenvalue weighted by Crippen LogP contribution is -2.02. The normalized spacial score (nSPS) is 10.8. The molecule has 0 radical (unpaired) electrons. The van der Waals surface area contributed by atoms with E-state index in [2.05, 4.69) is 0 Å². The third-order valence-electron chi connectivity index (χ3n) is 1.83. The van der Waals surface area contributed by atoms with E-state index in [0.717, 1.165) is 0 Å². The van der Waals surface area contributed by atoms with E-state index >= 15 is 0 Å². The second-order valence-corrected chi connectivity index (χ2v) is 3.28. The molecule has 0 aliphatic rings. The van der Waals surface area contributed by atoms with Crippen molar-refractivity contribution in [1.29, 1.82) is 0 Å². The molecule has 0 saturated heterocycles. The molecule has 0 aromatic heterocycles. The minimum atomic E-state index is -0.985. The quantitative estimate of drug-likeness (QED) is 0.805. The minimum Gasteiger partial charge on any atom is -0.481 e. The Labute approximate surface area is 92.0 Å². The Morgan fingerprint density at radius 3 is 2.87 bits per heavy atom. The van der Waals surface area contributed by atoms with Gasteiger partial charge in [-0.05, 0) is 23.3 Å². The van der Waals surface area contributed by atoms with Crippen molar-refractivity contribution in [3.05, 3.63) is 41.2 Å². The smallest absolute Gasteiger partial charge is 0.307 e. The molecule has 0 spiro atoms. The van der Waals surface area contributed by atoms with Crippen LogP contribution in [0.4, 0.5) is 4.39 Å². The van der Waals surface area contributed by atoms with Crippen LogP contribution in [0.25, 0.3) is 6.08 Å². The van der Waals surface area contributed by atoms with Crippen LogP contribution >= 0.6 is 11.6 Å². The van der Waals surface area contributed by atoms with Crippen LogP contribution in [0.1, 0.15) is 11.1 Å². The van der Waals surface area contributed by atoms with Gasteiger partial charge in [0.2, 0.25) is 0 Å². The third kappa shape index (κ3) is 3.72. The molecule has 0 atom stereocenters. The van der Waals surface area contributed by atoms with Crippen LogP contribution in [0.15, 0.2) is 24.3 Å². The van der Waals surface area contributed by atoms with Gasteiger partial charge in [-0.15, -0.1) is 11.6 Å². The summed E-state index contributed by atoms with van der Waals surface area (Å²) in [6.45, 7) is 0. The Balaban J connectivity index is 3.02. The first kappa shape index (κ1) is 11.7. The summed E-state index contributed by atoms with van der Waals surface area (Å²) in [7, 11) is 0. The maximum absolute atomic E-state index is 12.9. The van der Waals surface area contributed by atoms with E-state index in [9.17, 15) is 9.18 Å². The number of benzene rings is 1. The van der Waals surface area contributed by atoms with Gasteiger partial charge in [-0.1, -0.05) is 18.2 Å². The van der Waals surface area contributed by atoms with E-state index in [1.165, 1.54) is 18.2 Å². The molecule has 0 amide bonds. The lowest BCUT2D eigenvalue weighted by atomic mass is 10.0. The van der Waals surface area contributed by atoms with Crippen molar-refractivity contribution in [3.63, 3.8) is 0 Å². The first-order valence-corrected chi connectivity index (χ1v) is 4.89. The molecule has 2 nitrogen and oxygen atoms in total. The summed E-state index contributed by atoms with van der Waals surface area (Å²) >= 11 is 5.46. The highest BCUT2D eigenvalue weighted by atomic mass is 35.5. The molecule has 1 aromatic rings. The Kier molecular flexibility index (Phi) is 4.31. The molecular weight excluding hydrogens is 219 g/mol. The van der Waals surface area contributed by atoms with Crippen molar-refractivity contribution in [2.75, 3.05) is 5.88 Å². The standard InChI is InChI=1S/C11H10ClFO2/c12-5-1-2-8-3-4-10(13)6-9(8)7-11(14)15/h1-4,6H,5,7H2,(H,14,15). The number of carbonyl (C=O) groups is 1. The van der Waals surface area contributed by atoms with Crippen molar-refractivity contribution in [1.82, 2.24) is 0 Å². The molecule has 1 aromatic carbocycles. The van der Waals surface area contributed by atoms with Gasteiger partial charge in [0.25, 0.3) is 0 Å². The van der Waals surface area contributed by atoms with Crippen LogP contribution < -0.4 is 0 Å². The average Bonchev–Trinajstić information content (AvgIpc) is 2.16. The van der Waals surface area contributed by atoms with Crippen LogP contribution in [0.3, 0.4) is 0 Å². The van der Waals surface area contributed by atoms with E-state index < -0.39 is 11.8 Å². The van der Waals surface area contributed by atoms with Gasteiger partial charge in [0.1, 0.15) is 5.82 Å². The van der Waals surface area contributed by atoms with Crippen molar-refractivity contribution in [2.45, 2.75) is 6.42 Å². The summed E-state index contributed by atoms with van der Waals surface area (Å²) in [6, 6.07) is 4.05. The van der Waals surface area contributed by atoms with Gasteiger partial charge >= 0.3 is 5.97 Å². The molecule has 0 aliphatic heterocycles. The van der Waals surface area contributed by atoms with Crippen molar-refractivity contribution in [2.24, 2.45) is 0 Å². The molecule has 0 aliphatic carbocycles. The fourth-order valence-corrected chi connectivity index (χ4v) is 1.31. The topological polar surface area (TPSA) is 37.3 Å². The predicted octanol–water partition coefficient (Wildman–Crippen LogP) is 2.70. The first-order chi connectivity index (χ1) is 7.13. The highest BCUT2D eigenvalue weighted by molar-refractivity contribution is 6.19. The summed E-state index contributed by atoms with van der Waals surface area (Å²) in [6.07, 6.45) is 3.17. The fourth-order valence-electron chi connectivity index (χ4n) is 1.22. The maximum Gasteiger partial charge on any atom is 0.307 e. The molecule has 0 fully saturated rings. The van der Waals surface area contributed by atoms with Gasteiger partial charge in [0.15, 0.2) is 0 Å². The molecule has 0 unspecified atom stereocenters. The molecule has 1 rings (SSSR count). The second-order valence-electron chi connectivity index (χ2n) is 2.97. The van der Waals surface area contributed by atoms with Gasteiger partial charge in [0.05, 0.1) is 6.42 Å².